The molecule has 0 bridgehead atoms. The molecule has 124 valence electrons. The predicted molar refractivity (Wildman–Crippen MR) is 82.5 cm³/mol. The second-order valence-electron chi connectivity index (χ2n) is 6.63. The molecule has 2 aliphatic heterocycles. The van der Waals surface area contributed by atoms with Gasteiger partial charge in [-0.05, 0) is 25.7 Å². The molecule has 0 aromatic heterocycles. The molecule has 3 fully saturated rings. The minimum absolute atomic E-state index is 0.0594. The molecule has 0 radical (unpaired) electrons. The number of nitrogens with zero attached hydrogens (tertiary/aromatic N) is 2. The summed E-state index contributed by atoms with van der Waals surface area (Å²) in [7, 11) is 0. The van der Waals surface area contributed by atoms with Gasteiger partial charge in [-0.15, -0.1) is 0 Å². The Kier molecular flexibility index (Phi) is 5.18. The minimum atomic E-state index is 0.0594. The van der Waals surface area contributed by atoms with Gasteiger partial charge in [0.15, 0.2) is 0 Å². The van der Waals surface area contributed by atoms with E-state index in [9.17, 15) is 9.59 Å². The Morgan fingerprint density at radius 2 is 1.50 bits per heavy atom. The first-order valence-corrected chi connectivity index (χ1v) is 8.66. The number of hydrogen-bond donors (Lipinski definition) is 1. The van der Waals surface area contributed by atoms with Crippen molar-refractivity contribution in [2.75, 3.05) is 39.4 Å². The van der Waals surface area contributed by atoms with Crippen molar-refractivity contribution in [3.8, 4) is 0 Å². The lowest BCUT2D eigenvalue weighted by Gasteiger charge is -2.35. The summed E-state index contributed by atoms with van der Waals surface area (Å²) in [6.07, 6.45) is 6.24. The topological polar surface area (TPSA) is 61.9 Å². The Morgan fingerprint density at radius 1 is 0.864 bits per heavy atom. The summed E-state index contributed by atoms with van der Waals surface area (Å²) in [5.41, 5.74) is 0. The maximum absolute atomic E-state index is 12.5. The van der Waals surface area contributed by atoms with Crippen LogP contribution in [-0.4, -0.2) is 67.2 Å². The number of piperidine rings is 1. The van der Waals surface area contributed by atoms with Crippen molar-refractivity contribution < 1.29 is 14.3 Å². The molecule has 1 aliphatic carbocycles. The second-order valence-corrected chi connectivity index (χ2v) is 6.63. The van der Waals surface area contributed by atoms with Gasteiger partial charge < -0.3 is 19.9 Å². The zero-order valence-corrected chi connectivity index (χ0v) is 13.3. The lowest BCUT2D eigenvalue weighted by Crippen LogP contribution is -2.50. The van der Waals surface area contributed by atoms with E-state index >= 15 is 0 Å². The van der Waals surface area contributed by atoms with Crippen LogP contribution in [0, 0.1) is 5.92 Å². The SMILES string of the molecule is O=C(NC1CCCC1)N1CCC(C(=O)N2CCOCC2)CC1. The second kappa shape index (κ2) is 7.31. The number of hydrogen-bond acceptors (Lipinski definition) is 3. The first kappa shape index (κ1) is 15.6. The average molecular weight is 309 g/mol. The molecule has 3 amide bonds. The van der Waals surface area contributed by atoms with Gasteiger partial charge in [0.2, 0.25) is 5.91 Å². The fourth-order valence-corrected chi connectivity index (χ4v) is 3.71. The molecule has 0 atom stereocenters. The molecule has 0 aromatic rings. The van der Waals surface area contributed by atoms with E-state index in [-0.39, 0.29) is 17.9 Å². The summed E-state index contributed by atoms with van der Waals surface area (Å²) in [6.45, 7) is 4.10. The van der Waals surface area contributed by atoms with Gasteiger partial charge in [-0.25, -0.2) is 4.79 Å². The van der Waals surface area contributed by atoms with Gasteiger partial charge >= 0.3 is 6.03 Å². The first-order chi connectivity index (χ1) is 10.7. The van der Waals surface area contributed by atoms with Crippen LogP contribution in [0.15, 0.2) is 0 Å². The van der Waals surface area contributed by atoms with Gasteiger partial charge in [-0.3, -0.25) is 4.79 Å². The smallest absolute Gasteiger partial charge is 0.317 e. The molecule has 0 spiro atoms. The van der Waals surface area contributed by atoms with Crippen molar-refractivity contribution in [1.82, 2.24) is 15.1 Å². The molecule has 1 N–H and O–H groups in total. The van der Waals surface area contributed by atoms with Crippen molar-refractivity contribution in [3.63, 3.8) is 0 Å². The molecule has 0 aromatic carbocycles. The number of nitrogens with one attached hydrogen (secondary N) is 1. The number of morpholine rings is 1. The van der Waals surface area contributed by atoms with Crippen LogP contribution in [0.3, 0.4) is 0 Å². The van der Waals surface area contributed by atoms with Gasteiger partial charge in [0.1, 0.15) is 0 Å². The van der Waals surface area contributed by atoms with Gasteiger partial charge in [0, 0.05) is 38.1 Å². The predicted octanol–water partition coefficient (Wildman–Crippen LogP) is 1.21. The quantitative estimate of drug-likeness (QED) is 0.834. The monoisotopic (exact) mass is 309 g/mol. The van der Waals surface area contributed by atoms with Crippen LogP contribution in [-0.2, 0) is 9.53 Å². The number of ether oxygens (including phenoxy) is 1. The van der Waals surface area contributed by atoms with Gasteiger partial charge in [-0.1, -0.05) is 12.8 Å². The van der Waals surface area contributed by atoms with Crippen molar-refractivity contribution in [2.24, 2.45) is 5.92 Å². The molecule has 3 rings (SSSR count). The van der Waals surface area contributed by atoms with E-state index in [1.807, 2.05) is 9.80 Å². The van der Waals surface area contributed by atoms with E-state index in [4.69, 9.17) is 4.74 Å². The molecule has 6 heteroatoms. The third-order valence-electron chi connectivity index (χ3n) is 5.14. The summed E-state index contributed by atoms with van der Waals surface area (Å²) in [6, 6.07) is 0.421. The van der Waals surface area contributed by atoms with Crippen molar-refractivity contribution in [1.29, 1.82) is 0 Å². The van der Waals surface area contributed by atoms with E-state index < -0.39 is 0 Å². The molecule has 3 aliphatic rings. The summed E-state index contributed by atoms with van der Waals surface area (Å²) in [5.74, 6) is 0.327. The Balaban J connectivity index is 1.43. The largest absolute Gasteiger partial charge is 0.378 e. The maximum atomic E-state index is 12.5. The third kappa shape index (κ3) is 3.72. The first-order valence-electron chi connectivity index (χ1n) is 8.66. The van der Waals surface area contributed by atoms with Crippen molar-refractivity contribution >= 4 is 11.9 Å². The highest BCUT2D eigenvalue weighted by molar-refractivity contribution is 5.80. The maximum Gasteiger partial charge on any atom is 0.317 e. The van der Waals surface area contributed by atoms with Gasteiger partial charge in [0.05, 0.1) is 13.2 Å². The highest BCUT2D eigenvalue weighted by atomic mass is 16.5. The summed E-state index contributed by atoms with van der Waals surface area (Å²) < 4.78 is 5.29. The lowest BCUT2D eigenvalue weighted by molar-refractivity contribution is -0.141. The van der Waals surface area contributed by atoms with Crippen LogP contribution in [0.2, 0.25) is 0 Å². The Labute approximate surface area is 132 Å². The molecule has 22 heavy (non-hydrogen) atoms. The molecule has 2 saturated heterocycles. The molecular weight excluding hydrogens is 282 g/mol. The molecular formula is C16H27N3O3. The van der Waals surface area contributed by atoms with Crippen LogP contribution in [0.25, 0.3) is 0 Å². The molecule has 6 nitrogen and oxygen atoms in total. The van der Waals surface area contributed by atoms with E-state index in [0.29, 0.717) is 45.4 Å². The number of urea groups is 1. The Morgan fingerprint density at radius 3 is 2.14 bits per heavy atom. The minimum Gasteiger partial charge on any atom is -0.378 e. The van der Waals surface area contributed by atoms with Gasteiger partial charge in [-0.2, -0.15) is 0 Å². The fourth-order valence-electron chi connectivity index (χ4n) is 3.71. The average Bonchev–Trinajstić information content (AvgIpc) is 3.08. The van der Waals surface area contributed by atoms with E-state index in [2.05, 4.69) is 5.32 Å². The van der Waals surface area contributed by atoms with E-state index in [0.717, 1.165) is 25.7 Å². The van der Waals surface area contributed by atoms with Crippen LogP contribution < -0.4 is 5.32 Å². The van der Waals surface area contributed by atoms with Crippen LogP contribution in [0.1, 0.15) is 38.5 Å². The number of carbonyl (C=O) groups is 2. The van der Waals surface area contributed by atoms with Gasteiger partial charge in [0.25, 0.3) is 0 Å². The Bertz CT molecular complexity index is 395. The third-order valence-corrected chi connectivity index (χ3v) is 5.14. The normalized spacial score (nSPS) is 24.5. The number of amides is 3. The van der Waals surface area contributed by atoms with E-state index in [1.165, 1.54) is 12.8 Å². The number of rotatable bonds is 2. The zero-order chi connectivity index (χ0) is 15.4. The summed E-state index contributed by atoms with van der Waals surface area (Å²) in [4.78, 5) is 28.5. The highest BCUT2D eigenvalue weighted by Crippen LogP contribution is 2.22. The standard InChI is InChI=1S/C16H27N3O3/c20-15(18-9-11-22-12-10-18)13-5-7-19(8-6-13)16(21)17-14-3-1-2-4-14/h13-14H,1-12H2,(H,17,21). The van der Waals surface area contributed by atoms with Crippen molar-refractivity contribution in [2.45, 2.75) is 44.6 Å². The lowest BCUT2D eigenvalue weighted by atomic mass is 9.95. The number of carbonyl (C=O) groups excluding carboxylic acids is 2. The van der Waals surface area contributed by atoms with Crippen LogP contribution >= 0.6 is 0 Å². The fraction of sp³-hybridized carbons (Fsp3) is 0.875. The summed E-state index contributed by atoms with van der Waals surface area (Å²) in [5, 5.41) is 3.13. The molecule has 2 heterocycles. The van der Waals surface area contributed by atoms with E-state index in [1.54, 1.807) is 0 Å². The number of likely N-dealkylation sites (tertiary alicyclic amines) is 1. The highest BCUT2D eigenvalue weighted by Gasteiger charge is 2.31. The molecule has 1 saturated carbocycles. The molecule has 0 unspecified atom stereocenters. The zero-order valence-electron chi connectivity index (χ0n) is 13.3. The Hall–Kier alpha value is -1.30. The summed E-state index contributed by atoms with van der Waals surface area (Å²) >= 11 is 0. The van der Waals surface area contributed by atoms with Crippen molar-refractivity contribution in [3.05, 3.63) is 0 Å². The van der Waals surface area contributed by atoms with Crippen LogP contribution in [0.5, 0.6) is 0 Å². The van der Waals surface area contributed by atoms with Crippen LogP contribution in [0.4, 0.5) is 4.79 Å².